The minimum absolute atomic E-state index is 0.235. The van der Waals surface area contributed by atoms with Crippen molar-refractivity contribution < 1.29 is 4.39 Å². The van der Waals surface area contributed by atoms with E-state index in [2.05, 4.69) is 15.9 Å². The Bertz CT molecular complexity index is 273. The predicted molar refractivity (Wildman–Crippen MR) is 48.8 cm³/mol. The Labute approximate surface area is 78.5 Å². The van der Waals surface area contributed by atoms with Gasteiger partial charge in [0, 0.05) is 10.4 Å². The van der Waals surface area contributed by atoms with E-state index in [9.17, 15) is 4.39 Å². The normalized spacial score (nSPS) is 10.2. The molecule has 0 atom stereocenters. The summed E-state index contributed by atoms with van der Waals surface area (Å²) in [5.41, 5.74) is 1.57. The van der Waals surface area contributed by atoms with E-state index in [1.165, 1.54) is 12.1 Å². The Morgan fingerprint density at radius 1 is 1.55 bits per heavy atom. The van der Waals surface area contributed by atoms with Crippen molar-refractivity contribution in [3.63, 3.8) is 0 Å². The number of alkyl halides is 1. The third kappa shape index (κ3) is 1.94. The van der Waals surface area contributed by atoms with Crippen molar-refractivity contribution in [3.05, 3.63) is 34.1 Å². The lowest BCUT2D eigenvalue weighted by atomic mass is 10.1. The van der Waals surface area contributed by atoms with Crippen molar-refractivity contribution in [2.24, 2.45) is 0 Å². The molecule has 0 amide bonds. The van der Waals surface area contributed by atoms with Gasteiger partial charge in [0.05, 0.1) is 0 Å². The molecule has 0 aliphatic carbocycles. The first-order valence-corrected chi connectivity index (χ1v) is 4.65. The molecule has 0 unspecified atom stereocenters. The van der Waals surface area contributed by atoms with Crippen molar-refractivity contribution in [2.75, 3.05) is 0 Å². The lowest BCUT2D eigenvalue weighted by Gasteiger charge is -2.03. The number of benzene rings is 1. The molecule has 0 bridgehead atoms. The van der Waals surface area contributed by atoms with Gasteiger partial charge in [0.15, 0.2) is 0 Å². The molecule has 0 aliphatic rings. The van der Waals surface area contributed by atoms with Gasteiger partial charge in [-0.1, -0.05) is 27.5 Å². The average Bonchev–Trinajstić information content (AvgIpc) is 1.96. The first kappa shape index (κ1) is 9.01. The van der Waals surface area contributed by atoms with Crippen LogP contribution in [0.4, 0.5) is 4.39 Å². The molecular formula is C8H7BrClF. The lowest BCUT2D eigenvalue weighted by Crippen LogP contribution is -1.86. The summed E-state index contributed by atoms with van der Waals surface area (Å²) in [5.74, 6) is -0.235. The standard InChI is InChI=1S/C8H7BrClF/c1-5-2-7(11)3-6(4-9)8(5)10/h2-3H,4H2,1H3. The summed E-state index contributed by atoms with van der Waals surface area (Å²) in [7, 11) is 0. The second-order valence-corrected chi connectivity index (χ2v) is 3.27. The molecule has 0 fully saturated rings. The Kier molecular flexibility index (Phi) is 2.90. The maximum Gasteiger partial charge on any atom is 0.123 e. The quantitative estimate of drug-likeness (QED) is 0.654. The van der Waals surface area contributed by atoms with Gasteiger partial charge >= 0.3 is 0 Å². The minimum Gasteiger partial charge on any atom is -0.207 e. The highest BCUT2D eigenvalue weighted by atomic mass is 79.9. The summed E-state index contributed by atoms with van der Waals surface area (Å²) in [4.78, 5) is 0. The second kappa shape index (κ2) is 3.55. The molecule has 0 heterocycles. The predicted octanol–water partition coefficient (Wildman–Crippen LogP) is 3.68. The summed E-state index contributed by atoms with van der Waals surface area (Å²) < 4.78 is 12.7. The molecule has 1 aromatic carbocycles. The van der Waals surface area contributed by atoms with Gasteiger partial charge in [0.25, 0.3) is 0 Å². The van der Waals surface area contributed by atoms with Crippen molar-refractivity contribution in [3.8, 4) is 0 Å². The molecule has 0 saturated carbocycles. The highest BCUT2D eigenvalue weighted by molar-refractivity contribution is 9.08. The SMILES string of the molecule is Cc1cc(F)cc(CBr)c1Cl. The fraction of sp³-hybridized carbons (Fsp3) is 0.250. The zero-order valence-electron chi connectivity index (χ0n) is 6.00. The number of hydrogen-bond acceptors (Lipinski definition) is 0. The molecule has 0 radical (unpaired) electrons. The zero-order valence-corrected chi connectivity index (χ0v) is 8.34. The largest absolute Gasteiger partial charge is 0.207 e. The van der Waals surface area contributed by atoms with Crippen LogP contribution in [-0.2, 0) is 5.33 Å². The van der Waals surface area contributed by atoms with Crippen molar-refractivity contribution in [1.29, 1.82) is 0 Å². The van der Waals surface area contributed by atoms with E-state index < -0.39 is 0 Å². The molecule has 0 spiro atoms. The Morgan fingerprint density at radius 2 is 2.18 bits per heavy atom. The fourth-order valence-electron chi connectivity index (χ4n) is 0.892. The van der Waals surface area contributed by atoms with Crippen LogP contribution in [0.15, 0.2) is 12.1 Å². The number of aryl methyl sites for hydroxylation is 1. The van der Waals surface area contributed by atoms with E-state index >= 15 is 0 Å². The Hall–Kier alpha value is -0.0800. The maximum atomic E-state index is 12.7. The van der Waals surface area contributed by atoms with Gasteiger partial charge in [-0.2, -0.15) is 0 Å². The molecule has 1 rings (SSSR count). The Balaban J connectivity index is 3.24. The molecule has 1 aromatic rings. The highest BCUT2D eigenvalue weighted by Crippen LogP contribution is 2.23. The number of halogens is 3. The lowest BCUT2D eigenvalue weighted by molar-refractivity contribution is 0.625. The third-order valence-electron chi connectivity index (χ3n) is 1.44. The third-order valence-corrected chi connectivity index (χ3v) is 2.58. The molecule has 0 N–H and O–H groups in total. The zero-order chi connectivity index (χ0) is 8.43. The van der Waals surface area contributed by atoms with Crippen LogP contribution in [0, 0.1) is 12.7 Å². The van der Waals surface area contributed by atoms with Crippen LogP contribution in [-0.4, -0.2) is 0 Å². The first-order chi connectivity index (χ1) is 5.15. The van der Waals surface area contributed by atoms with Crippen LogP contribution in [0.2, 0.25) is 5.02 Å². The van der Waals surface area contributed by atoms with Crippen LogP contribution in [0.5, 0.6) is 0 Å². The van der Waals surface area contributed by atoms with Gasteiger partial charge in [0.1, 0.15) is 5.82 Å². The molecule has 11 heavy (non-hydrogen) atoms. The fourth-order valence-corrected chi connectivity index (χ4v) is 1.67. The van der Waals surface area contributed by atoms with Crippen LogP contribution >= 0.6 is 27.5 Å². The summed E-state index contributed by atoms with van der Waals surface area (Å²) in [6.45, 7) is 1.79. The van der Waals surface area contributed by atoms with Crippen LogP contribution < -0.4 is 0 Å². The molecule has 0 aliphatic heterocycles. The van der Waals surface area contributed by atoms with Gasteiger partial charge < -0.3 is 0 Å². The summed E-state index contributed by atoms with van der Waals surface area (Å²) in [6, 6.07) is 2.86. The summed E-state index contributed by atoms with van der Waals surface area (Å²) >= 11 is 9.09. The van der Waals surface area contributed by atoms with Crippen molar-refractivity contribution in [2.45, 2.75) is 12.3 Å². The average molecular weight is 237 g/mol. The second-order valence-electron chi connectivity index (χ2n) is 2.33. The number of rotatable bonds is 1. The molecule has 0 nitrogen and oxygen atoms in total. The van der Waals surface area contributed by atoms with Crippen LogP contribution in [0.1, 0.15) is 11.1 Å². The van der Waals surface area contributed by atoms with Gasteiger partial charge in [-0.25, -0.2) is 4.39 Å². The topological polar surface area (TPSA) is 0 Å². The van der Waals surface area contributed by atoms with E-state index in [-0.39, 0.29) is 5.82 Å². The summed E-state index contributed by atoms with van der Waals surface area (Å²) in [6.07, 6.45) is 0. The van der Waals surface area contributed by atoms with E-state index in [1.54, 1.807) is 6.92 Å². The molecule has 0 saturated heterocycles. The van der Waals surface area contributed by atoms with Gasteiger partial charge in [-0.15, -0.1) is 0 Å². The van der Waals surface area contributed by atoms with Crippen molar-refractivity contribution >= 4 is 27.5 Å². The van der Waals surface area contributed by atoms with Crippen LogP contribution in [0.25, 0.3) is 0 Å². The van der Waals surface area contributed by atoms with E-state index in [4.69, 9.17) is 11.6 Å². The maximum absolute atomic E-state index is 12.7. The van der Waals surface area contributed by atoms with Gasteiger partial charge in [0.2, 0.25) is 0 Å². The monoisotopic (exact) mass is 236 g/mol. The molecule has 0 aromatic heterocycles. The number of hydrogen-bond donors (Lipinski definition) is 0. The van der Waals surface area contributed by atoms with Crippen LogP contribution in [0.3, 0.4) is 0 Å². The first-order valence-electron chi connectivity index (χ1n) is 3.15. The molecule has 60 valence electrons. The Morgan fingerprint density at radius 3 is 2.73 bits per heavy atom. The van der Waals surface area contributed by atoms with Gasteiger partial charge in [-0.3, -0.25) is 0 Å². The highest BCUT2D eigenvalue weighted by Gasteiger charge is 2.03. The smallest absolute Gasteiger partial charge is 0.123 e. The minimum atomic E-state index is -0.235. The summed E-state index contributed by atoms with van der Waals surface area (Å²) in [5, 5.41) is 1.23. The van der Waals surface area contributed by atoms with Gasteiger partial charge in [-0.05, 0) is 30.2 Å². The van der Waals surface area contributed by atoms with E-state index in [1.807, 2.05) is 0 Å². The van der Waals surface area contributed by atoms with E-state index in [0.717, 1.165) is 11.1 Å². The van der Waals surface area contributed by atoms with E-state index in [0.29, 0.717) is 10.4 Å². The molecular weight excluding hydrogens is 230 g/mol. The molecule has 3 heteroatoms. The van der Waals surface area contributed by atoms with Crippen molar-refractivity contribution in [1.82, 2.24) is 0 Å².